The van der Waals surface area contributed by atoms with Gasteiger partial charge in [0.25, 0.3) is 0 Å². The number of carboxylic acids is 1. The van der Waals surface area contributed by atoms with Crippen molar-refractivity contribution in [1.29, 1.82) is 0 Å². The molecule has 1 unspecified atom stereocenters. The molecule has 1 atom stereocenters. The number of carboxylic acid groups (broad SMARTS) is 1. The maximum absolute atomic E-state index is 13.6. The second-order valence-electron chi connectivity index (χ2n) is 4.18. The first-order valence-electron chi connectivity index (χ1n) is 5.31. The lowest BCUT2D eigenvalue weighted by molar-refractivity contribution is -0.139. The molecule has 0 heterocycles. The molecule has 1 aliphatic rings. The molecule has 0 spiro atoms. The highest BCUT2D eigenvalue weighted by Crippen LogP contribution is 2.37. The van der Waals surface area contributed by atoms with Gasteiger partial charge < -0.3 is 5.11 Å². The van der Waals surface area contributed by atoms with Crippen molar-refractivity contribution in [2.75, 3.05) is 0 Å². The molecular formula is C13H10F2O3. The third-order valence-corrected chi connectivity index (χ3v) is 3.01. The summed E-state index contributed by atoms with van der Waals surface area (Å²) in [6.07, 6.45) is 2.10. The SMILES string of the molecule is CC(C(=O)O)c1ccc2c(c1)C=CC(=O)C2(F)F. The van der Waals surface area contributed by atoms with Crippen molar-refractivity contribution in [2.24, 2.45) is 0 Å². The van der Waals surface area contributed by atoms with Crippen LogP contribution in [0.15, 0.2) is 24.3 Å². The number of allylic oxidation sites excluding steroid dienone is 1. The van der Waals surface area contributed by atoms with E-state index < -0.39 is 23.6 Å². The maximum Gasteiger partial charge on any atom is 0.334 e. The smallest absolute Gasteiger partial charge is 0.334 e. The summed E-state index contributed by atoms with van der Waals surface area (Å²) >= 11 is 0. The van der Waals surface area contributed by atoms with Crippen LogP contribution < -0.4 is 0 Å². The van der Waals surface area contributed by atoms with Gasteiger partial charge in [0.2, 0.25) is 5.78 Å². The van der Waals surface area contributed by atoms with Crippen LogP contribution in [-0.2, 0) is 15.5 Å². The van der Waals surface area contributed by atoms with Gasteiger partial charge in [-0.3, -0.25) is 9.59 Å². The first kappa shape index (κ1) is 12.4. The first-order chi connectivity index (χ1) is 8.34. The van der Waals surface area contributed by atoms with Crippen molar-refractivity contribution in [3.05, 3.63) is 41.0 Å². The molecule has 3 nitrogen and oxygen atoms in total. The Hall–Kier alpha value is -2.04. The number of halogens is 2. The zero-order valence-corrected chi connectivity index (χ0v) is 9.48. The Morgan fingerprint density at radius 3 is 2.61 bits per heavy atom. The minimum Gasteiger partial charge on any atom is -0.481 e. The molecule has 0 saturated carbocycles. The molecule has 0 bridgehead atoms. The monoisotopic (exact) mass is 252 g/mol. The van der Waals surface area contributed by atoms with E-state index in [-0.39, 0.29) is 11.1 Å². The van der Waals surface area contributed by atoms with E-state index in [0.717, 1.165) is 12.1 Å². The third-order valence-electron chi connectivity index (χ3n) is 3.01. The maximum atomic E-state index is 13.6. The number of hydrogen-bond donors (Lipinski definition) is 1. The fourth-order valence-electron chi connectivity index (χ4n) is 1.82. The van der Waals surface area contributed by atoms with E-state index in [2.05, 4.69) is 0 Å². The molecule has 1 aromatic rings. The Morgan fingerprint density at radius 1 is 1.33 bits per heavy atom. The zero-order valence-electron chi connectivity index (χ0n) is 9.48. The van der Waals surface area contributed by atoms with Crippen molar-refractivity contribution in [3.63, 3.8) is 0 Å². The Kier molecular flexibility index (Phi) is 2.77. The molecule has 0 aromatic heterocycles. The van der Waals surface area contributed by atoms with E-state index in [4.69, 9.17) is 5.11 Å². The minimum absolute atomic E-state index is 0.185. The van der Waals surface area contributed by atoms with Crippen LogP contribution in [-0.4, -0.2) is 16.9 Å². The predicted octanol–water partition coefficient (Wildman–Crippen LogP) is 2.56. The molecule has 0 saturated heterocycles. The molecule has 1 N–H and O–H groups in total. The molecule has 0 aliphatic heterocycles. The average molecular weight is 252 g/mol. The molecule has 5 heteroatoms. The number of fused-ring (bicyclic) bond motifs is 1. The van der Waals surface area contributed by atoms with Crippen LogP contribution in [0.1, 0.15) is 29.5 Å². The normalized spacial score (nSPS) is 18.3. The van der Waals surface area contributed by atoms with Crippen LogP contribution >= 0.6 is 0 Å². The lowest BCUT2D eigenvalue weighted by atomic mass is 9.89. The van der Waals surface area contributed by atoms with Gasteiger partial charge >= 0.3 is 11.9 Å². The number of ketones is 1. The van der Waals surface area contributed by atoms with Crippen LogP contribution in [0.4, 0.5) is 8.78 Å². The summed E-state index contributed by atoms with van der Waals surface area (Å²) in [7, 11) is 0. The van der Waals surface area contributed by atoms with Crippen molar-refractivity contribution in [1.82, 2.24) is 0 Å². The molecule has 18 heavy (non-hydrogen) atoms. The van der Waals surface area contributed by atoms with Gasteiger partial charge in [0.15, 0.2) is 0 Å². The topological polar surface area (TPSA) is 54.4 Å². The standard InChI is InChI=1S/C13H10F2O3/c1-7(12(17)18)8-2-4-10-9(6-8)3-5-11(16)13(10,14)15/h2-7H,1H3,(H,17,18). The van der Waals surface area contributed by atoms with Gasteiger partial charge in [-0.15, -0.1) is 0 Å². The van der Waals surface area contributed by atoms with E-state index in [1.807, 2.05) is 0 Å². The van der Waals surface area contributed by atoms with Crippen LogP contribution in [0.5, 0.6) is 0 Å². The van der Waals surface area contributed by atoms with Crippen molar-refractivity contribution < 1.29 is 23.5 Å². The fraction of sp³-hybridized carbons (Fsp3) is 0.231. The van der Waals surface area contributed by atoms with Crippen molar-refractivity contribution in [3.8, 4) is 0 Å². The summed E-state index contributed by atoms with van der Waals surface area (Å²) in [6, 6.07) is 3.81. The number of carbonyl (C=O) groups excluding carboxylic acids is 1. The lowest BCUT2D eigenvalue weighted by Crippen LogP contribution is -2.27. The number of benzene rings is 1. The van der Waals surface area contributed by atoms with E-state index >= 15 is 0 Å². The van der Waals surface area contributed by atoms with Gasteiger partial charge in [-0.05, 0) is 24.1 Å². The number of aliphatic carboxylic acids is 1. The summed E-state index contributed by atoms with van der Waals surface area (Å²) in [5.41, 5.74) is 0.234. The highest BCUT2D eigenvalue weighted by molar-refractivity contribution is 6.02. The number of hydrogen-bond acceptors (Lipinski definition) is 2. The fourth-order valence-corrected chi connectivity index (χ4v) is 1.82. The number of rotatable bonds is 2. The molecule has 94 valence electrons. The van der Waals surface area contributed by atoms with E-state index in [9.17, 15) is 18.4 Å². The Morgan fingerprint density at radius 2 is 2.00 bits per heavy atom. The van der Waals surface area contributed by atoms with Gasteiger partial charge in [-0.25, -0.2) is 0 Å². The van der Waals surface area contributed by atoms with Crippen molar-refractivity contribution >= 4 is 17.8 Å². The second kappa shape index (κ2) is 4.01. The number of alkyl halides is 2. The van der Waals surface area contributed by atoms with Crippen LogP contribution in [0.25, 0.3) is 6.08 Å². The molecular weight excluding hydrogens is 242 g/mol. The molecule has 1 aromatic carbocycles. The van der Waals surface area contributed by atoms with Gasteiger partial charge in [-0.1, -0.05) is 24.3 Å². The van der Waals surface area contributed by atoms with E-state index in [0.29, 0.717) is 5.56 Å². The van der Waals surface area contributed by atoms with Gasteiger partial charge in [0, 0.05) is 5.56 Å². The van der Waals surface area contributed by atoms with Gasteiger partial charge in [0.1, 0.15) is 0 Å². The first-order valence-corrected chi connectivity index (χ1v) is 5.31. The summed E-state index contributed by atoms with van der Waals surface area (Å²) in [5, 5.41) is 8.86. The summed E-state index contributed by atoms with van der Waals surface area (Å²) in [6.45, 7) is 1.47. The molecule has 2 rings (SSSR count). The van der Waals surface area contributed by atoms with E-state index in [1.165, 1.54) is 25.1 Å². The Bertz CT molecular complexity index is 561. The van der Waals surface area contributed by atoms with Gasteiger partial charge in [-0.2, -0.15) is 8.78 Å². The Labute approximate surface area is 102 Å². The summed E-state index contributed by atoms with van der Waals surface area (Å²) < 4.78 is 27.1. The summed E-state index contributed by atoms with van der Waals surface area (Å²) in [5.74, 6) is -6.60. The van der Waals surface area contributed by atoms with E-state index in [1.54, 1.807) is 0 Å². The predicted molar refractivity (Wildman–Crippen MR) is 60.4 cm³/mol. The number of carbonyl (C=O) groups is 2. The highest BCUT2D eigenvalue weighted by atomic mass is 19.3. The quantitative estimate of drug-likeness (QED) is 0.880. The van der Waals surface area contributed by atoms with Crippen molar-refractivity contribution in [2.45, 2.75) is 18.8 Å². The Balaban J connectivity index is 2.52. The molecule has 0 amide bonds. The lowest BCUT2D eigenvalue weighted by Gasteiger charge is -2.21. The average Bonchev–Trinajstić information content (AvgIpc) is 2.32. The largest absolute Gasteiger partial charge is 0.481 e. The second-order valence-corrected chi connectivity index (χ2v) is 4.18. The molecule has 0 radical (unpaired) electrons. The molecule has 0 fully saturated rings. The minimum atomic E-state index is -3.53. The third kappa shape index (κ3) is 1.81. The van der Waals surface area contributed by atoms with Gasteiger partial charge in [0.05, 0.1) is 5.92 Å². The summed E-state index contributed by atoms with van der Waals surface area (Å²) in [4.78, 5) is 21.9. The van der Waals surface area contributed by atoms with Crippen LogP contribution in [0.3, 0.4) is 0 Å². The molecule has 1 aliphatic carbocycles. The highest BCUT2D eigenvalue weighted by Gasteiger charge is 2.42. The van der Waals surface area contributed by atoms with Crippen LogP contribution in [0.2, 0.25) is 0 Å². The van der Waals surface area contributed by atoms with Crippen LogP contribution in [0, 0.1) is 0 Å². The zero-order chi connectivity index (χ0) is 13.5.